The minimum Gasteiger partial charge on any atom is -0.440 e. The summed E-state index contributed by atoms with van der Waals surface area (Å²) in [6.07, 6.45) is 5.89. The topological polar surface area (TPSA) is 76.4 Å². The molecule has 0 spiro atoms. The van der Waals surface area contributed by atoms with Crippen LogP contribution in [-0.2, 0) is 10.0 Å². The average molecular weight is 285 g/mol. The van der Waals surface area contributed by atoms with Gasteiger partial charge >= 0.3 is 0 Å². The van der Waals surface area contributed by atoms with Crippen molar-refractivity contribution in [2.75, 3.05) is 6.54 Å². The van der Waals surface area contributed by atoms with Gasteiger partial charge in [0.05, 0.1) is 0 Å². The van der Waals surface area contributed by atoms with Gasteiger partial charge in [-0.05, 0) is 36.8 Å². The van der Waals surface area contributed by atoms with Crippen molar-refractivity contribution in [1.29, 1.82) is 0 Å². The van der Waals surface area contributed by atoms with Gasteiger partial charge in [-0.2, -0.15) is 0 Å². The van der Waals surface area contributed by atoms with Crippen molar-refractivity contribution in [1.82, 2.24) is 4.72 Å². The smallest absolute Gasteiger partial charge is 0.273 e. The van der Waals surface area contributed by atoms with Crippen LogP contribution in [0, 0.1) is 5.41 Å². The summed E-state index contributed by atoms with van der Waals surface area (Å²) >= 11 is 0. The second-order valence-electron chi connectivity index (χ2n) is 5.16. The fraction of sp³-hybridized carbons (Fsp3) is 0.615. The van der Waals surface area contributed by atoms with Gasteiger partial charge in [-0.3, -0.25) is 4.79 Å². The molecule has 1 fully saturated rings. The Labute approximate surface area is 113 Å². The summed E-state index contributed by atoms with van der Waals surface area (Å²) in [5, 5.41) is -0.196. The Kier molecular flexibility index (Phi) is 4.10. The Morgan fingerprint density at radius 1 is 1.37 bits per heavy atom. The minimum absolute atomic E-state index is 0.0199. The van der Waals surface area contributed by atoms with E-state index in [1.165, 1.54) is 12.1 Å². The second kappa shape index (κ2) is 5.46. The maximum atomic E-state index is 12.1. The highest BCUT2D eigenvalue weighted by atomic mass is 32.2. The number of nitrogens with one attached hydrogen (secondary N) is 1. The van der Waals surface area contributed by atoms with Crippen molar-refractivity contribution < 1.29 is 17.6 Å². The van der Waals surface area contributed by atoms with Crippen molar-refractivity contribution in [3.63, 3.8) is 0 Å². The third-order valence-corrected chi connectivity index (χ3v) is 5.31. The van der Waals surface area contributed by atoms with E-state index >= 15 is 0 Å². The van der Waals surface area contributed by atoms with Crippen LogP contribution in [0.15, 0.2) is 21.6 Å². The van der Waals surface area contributed by atoms with Gasteiger partial charge in [-0.25, -0.2) is 13.1 Å². The number of rotatable bonds is 6. The quantitative estimate of drug-likeness (QED) is 0.814. The summed E-state index contributed by atoms with van der Waals surface area (Å²) in [6, 6.07) is 2.66. The molecule has 0 radical (unpaired) electrons. The number of sulfonamides is 1. The summed E-state index contributed by atoms with van der Waals surface area (Å²) in [6.45, 7) is 2.53. The molecule has 1 aliphatic carbocycles. The number of carbonyl (C=O) groups is 1. The highest BCUT2D eigenvalue weighted by Crippen LogP contribution is 2.40. The van der Waals surface area contributed by atoms with Gasteiger partial charge in [0.1, 0.15) is 0 Å². The van der Waals surface area contributed by atoms with Gasteiger partial charge in [0.15, 0.2) is 12.0 Å². The van der Waals surface area contributed by atoms with Gasteiger partial charge in [0.25, 0.3) is 10.0 Å². The Hall–Kier alpha value is -1.14. The number of aldehydes is 1. The molecule has 0 aliphatic heterocycles. The molecular formula is C13H19NO4S. The van der Waals surface area contributed by atoms with Gasteiger partial charge in [-0.1, -0.05) is 19.8 Å². The lowest BCUT2D eigenvalue weighted by atomic mass is 9.84. The van der Waals surface area contributed by atoms with E-state index < -0.39 is 10.0 Å². The zero-order valence-electron chi connectivity index (χ0n) is 11.0. The number of hydrogen-bond acceptors (Lipinski definition) is 4. The summed E-state index contributed by atoms with van der Waals surface area (Å²) in [4.78, 5) is 10.5. The van der Waals surface area contributed by atoms with Crippen molar-refractivity contribution in [3.8, 4) is 0 Å². The van der Waals surface area contributed by atoms with Crippen molar-refractivity contribution in [3.05, 3.63) is 17.9 Å². The Morgan fingerprint density at radius 2 is 2.05 bits per heavy atom. The third kappa shape index (κ3) is 3.06. The van der Waals surface area contributed by atoms with E-state index in [2.05, 4.69) is 11.6 Å². The average Bonchev–Trinajstić information content (AvgIpc) is 3.06. The van der Waals surface area contributed by atoms with Crippen molar-refractivity contribution >= 4 is 16.3 Å². The van der Waals surface area contributed by atoms with Crippen LogP contribution in [0.5, 0.6) is 0 Å². The molecule has 1 heterocycles. The molecular weight excluding hydrogens is 266 g/mol. The van der Waals surface area contributed by atoms with E-state index in [0.29, 0.717) is 12.8 Å². The molecule has 6 heteroatoms. The maximum absolute atomic E-state index is 12.1. The molecule has 1 aromatic heterocycles. The molecule has 2 rings (SSSR count). The summed E-state index contributed by atoms with van der Waals surface area (Å²) < 4.78 is 31.7. The molecule has 0 aromatic carbocycles. The van der Waals surface area contributed by atoms with Crippen LogP contribution < -0.4 is 4.72 Å². The van der Waals surface area contributed by atoms with E-state index in [1.807, 2.05) is 0 Å². The molecule has 0 bridgehead atoms. The van der Waals surface area contributed by atoms with Crippen LogP contribution in [-0.4, -0.2) is 21.2 Å². The zero-order chi connectivity index (χ0) is 13.9. The fourth-order valence-corrected chi connectivity index (χ4v) is 3.73. The molecule has 0 amide bonds. The predicted octanol–water partition coefficient (Wildman–Crippen LogP) is 2.34. The molecule has 0 saturated heterocycles. The molecule has 0 atom stereocenters. The Morgan fingerprint density at radius 3 is 2.58 bits per heavy atom. The van der Waals surface area contributed by atoms with E-state index in [1.54, 1.807) is 0 Å². The molecule has 106 valence electrons. The van der Waals surface area contributed by atoms with E-state index in [0.717, 1.165) is 32.1 Å². The molecule has 19 heavy (non-hydrogen) atoms. The first-order valence-electron chi connectivity index (χ1n) is 6.56. The Bertz CT molecular complexity index is 541. The highest BCUT2D eigenvalue weighted by molar-refractivity contribution is 7.89. The first-order valence-corrected chi connectivity index (χ1v) is 8.04. The SMILES string of the molecule is CCC1(CNS(=O)(=O)c2ccc(C=O)o2)CCCC1. The number of hydrogen-bond donors (Lipinski definition) is 1. The molecule has 1 aliphatic rings. The summed E-state index contributed by atoms with van der Waals surface area (Å²) in [5.41, 5.74) is 0.0765. The minimum atomic E-state index is -3.66. The predicted molar refractivity (Wildman–Crippen MR) is 70.5 cm³/mol. The van der Waals surface area contributed by atoms with Gasteiger partial charge in [-0.15, -0.1) is 0 Å². The first-order chi connectivity index (χ1) is 9.01. The van der Waals surface area contributed by atoms with E-state index in [9.17, 15) is 13.2 Å². The third-order valence-electron chi connectivity index (χ3n) is 4.03. The summed E-state index contributed by atoms with van der Waals surface area (Å²) in [5.74, 6) is 0.0199. The van der Waals surface area contributed by atoms with E-state index in [-0.39, 0.29) is 16.3 Å². The second-order valence-corrected chi connectivity index (χ2v) is 6.86. The van der Waals surface area contributed by atoms with Crippen molar-refractivity contribution in [2.24, 2.45) is 5.41 Å². The Balaban J connectivity index is 2.07. The van der Waals surface area contributed by atoms with Gasteiger partial charge in [0.2, 0.25) is 5.09 Å². The zero-order valence-corrected chi connectivity index (χ0v) is 11.8. The van der Waals surface area contributed by atoms with Crippen LogP contribution in [0.1, 0.15) is 49.6 Å². The van der Waals surface area contributed by atoms with Crippen molar-refractivity contribution in [2.45, 2.75) is 44.1 Å². The lowest BCUT2D eigenvalue weighted by molar-refractivity contribution is 0.109. The van der Waals surface area contributed by atoms with Crippen LogP contribution in [0.2, 0.25) is 0 Å². The normalized spacial score (nSPS) is 18.6. The standard InChI is InChI=1S/C13H19NO4S/c1-2-13(7-3-4-8-13)10-14-19(16,17)12-6-5-11(9-15)18-12/h5-6,9,14H,2-4,7-8,10H2,1H3. The number of carbonyl (C=O) groups excluding carboxylic acids is 1. The molecule has 5 nitrogen and oxygen atoms in total. The van der Waals surface area contributed by atoms with Crippen LogP contribution in [0.3, 0.4) is 0 Å². The molecule has 1 saturated carbocycles. The largest absolute Gasteiger partial charge is 0.440 e. The lowest BCUT2D eigenvalue weighted by Gasteiger charge is -2.27. The number of furan rings is 1. The molecule has 0 unspecified atom stereocenters. The fourth-order valence-electron chi connectivity index (χ4n) is 2.64. The highest BCUT2D eigenvalue weighted by Gasteiger charge is 2.33. The lowest BCUT2D eigenvalue weighted by Crippen LogP contribution is -2.35. The molecule has 1 N–H and O–H groups in total. The first kappa shape index (κ1) is 14.3. The maximum Gasteiger partial charge on any atom is 0.273 e. The van der Waals surface area contributed by atoms with Crippen LogP contribution in [0.4, 0.5) is 0 Å². The van der Waals surface area contributed by atoms with Gasteiger partial charge in [0, 0.05) is 6.54 Å². The summed E-state index contributed by atoms with van der Waals surface area (Å²) in [7, 11) is -3.66. The van der Waals surface area contributed by atoms with E-state index in [4.69, 9.17) is 4.42 Å². The van der Waals surface area contributed by atoms with Crippen LogP contribution in [0.25, 0.3) is 0 Å². The van der Waals surface area contributed by atoms with Crippen LogP contribution >= 0.6 is 0 Å². The molecule has 1 aromatic rings. The monoisotopic (exact) mass is 285 g/mol. The van der Waals surface area contributed by atoms with Gasteiger partial charge < -0.3 is 4.42 Å².